The molecule has 0 aliphatic heterocycles. The van der Waals surface area contributed by atoms with Gasteiger partial charge < -0.3 is 5.32 Å². The van der Waals surface area contributed by atoms with Crippen LogP contribution in [0.3, 0.4) is 0 Å². The molecule has 0 fully saturated rings. The Morgan fingerprint density at radius 1 is 0.871 bits per heavy atom. The fourth-order valence-electron chi connectivity index (χ4n) is 2.95. The molecule has 0 aliphatic rings. The number of rotatable bonds is 6. The number of hydrogen-bond donors (Lipinski definition) is 1. The maximum Gasteiger partial charge on any atom is 0.264 e. The van der Waals surface area contributed by atoms with Crippen molar-refractivity contribution in [2.75, 3.05) is 16.2 Å². The topological polar surface area (TPSA) is 66.5 Å². The first-order valence-electron chi connectivity index (χ1n) is 9.18. The summed E-state index contributed by atoms with van der Waals surface area (Å²) in [7, 11) is -4.05. The Balaban J connectivity index is 2.00. The Morgan fingerprint density at radius 3 is 2.10 bits per heavy atom. The van der Waals surface area contributed by atoms with Crippen molar-refractivity contribution >= 4 is 62.1 Å². The van der Waals surface area contributed by atoms with Crippen LogP contribution in [-0.4, -0.2) is 20.9 Å². The third kappa shape index (κ3) is 5.71. The second-order valence-electron chi connectivity index (χ2n) is 6.96. The molecule has 1 amide bonds. The number of amides is 1. The van der Waals surface area contributed by atoms with Gasteiger partial charge in [-0.15, -0.1) is 0 Å². The van der Waals surface area contributed by atoms with Gasteiger partial charge in [-0.2, -0.15) is 0 Å². The van der Waals surface area contributed by atoms with Crippen LogP contribution >= 0.6 is 34.8 Å². The van der Waals surface area contributed by atoms with E-state index in [2.05, 4.69) is 5.32 Å². The SMILES string of the molecule is Cc1ccc(S(=O)(=O)N(CC(=O)Nc2cc(Cl)cc(Cl)c2)c2cc(Cl)ccc2C)cc1. The molecule has 0 bridgehead atoms. The van der Waals surface area contributed by atoms with Crippen LogP contribution in [0.15, 0.2) is 65.6 Å². The van der Waals surface area contributed by atoms with Gasteiger partial charge in [0.1, 0.15) is 6.54 Å². The van der Waals surface area contributed by atoms with Crippen molar-refractivity contribution in [2.24, 2.45) is 0 Å². The highest BCUT2D eigenvalue weighted by Gasteiger charge is 2.28. The molecule has 0 heterocycles. The molecule has 0 atom stereocenters. The van der Waals surface area contributed by atoms with Crippen LogP contribution in [0, 0.1) is 13.8 Å². The minimum Gasteiger partial charge on any atom is -0.324 e. The van der Waals surface area contributed by atoms with Crippen LogP contribution in [0.2, 0.25) is 15.1 Å². The summed E-state index contributed by atoms with van der Waals surface area (Å²) in [5, 5.41) is 3.69. The molecular weight excluding hydrogens is 479 g/mol. The second kappa shape index (κ2) is 9.49. The van der Waals surface area contributed by atoms with E-state index in [9.17, 15) is 13.2 Å². The summed E-state index contributed by atoms with van der Waals surface area (Å²) < 4.78 is 28.0. The highest BCUT2D eigenvalue weighted by molar-refractivity contribution is 7.92. The second-order valence-corrected chi connectivity index (χ2v) is 10.1. The molecule has 9 heteroatoms. The van der Waals surface area contributed by atoms with Crippen LogP contribution < -0.4 is 9.62 Å². The molecule has 0 unspecified atom stereocenters. The first kappa shape index (κ1) is 23.4. The van der Waals surface area contributed by atoms with E-state index >= 15 is 0 Å². The van der Waals surface area contributed by atoms with Crippen molar-refractivity contribution < 1.29 is 13.2 Å². The lowest BCUT2D eigenvalue weighted by Crippen LogP contribution is -2.38. The average molecular weight is 498 g/mol. The van der Waals surface area contributed by atoms with Gasteiger partial charge in [0, 0.05) is 20.8 Å². The molecule has 3 rings (SSSR count). The van der Waals surface area contributed by atoms with Crippen LogP contribution in [0.25, 0.3) is 0 Å². The van der Waals surface area contributed by atoms with Gasteiger partial charge in [0.2, 0.25) is 5.91 Å². The van der Waals surface area contributed by atoms with E-state index in [-0.39, 0.29) is 4.90 Å². The molecule has 0 spiro atoms. The minimum absolute atomic E-state index is 0.0658. The van der Waals surface area contributed by atoms with Gasteiger partial charge in [-0.25, -0.2) is 8.42 Å². The summed E-state index contributed by atoms with van der Waals surface area (Å²) in [5.74, 6) is -0.562. The first-order valence-corrected chi connectivity index (χ1v) is 11.7. The van der Waals surface area contributed by atoms with Gasteiger partial charge in [-0.05, 0) is 61.9 Å². The summed E-state index contributed by atoms with van der Waals surface area (Å²) in [6.45, 7) is 3.14. The molecular formula is C22H19Cl3N2O3S. The van der Waals surface area contributed by atoms with Crippen LogP contribution in [0.1, 0.15) is 11.1 Å². The Morgan fingerprint density at radius 2 is 1.48 bits per heavy atom. The van der Waals surface area contributed by atoms with E-state index in [0.29, 0.717) is 32.0 Å². The van der Waals surface area contributed by atoms with Gasteiger partial charge in [0.25, 0.3) is 10.0 Å². The van der Waals surface area contributed by atoms with Crippen LogP contribution in [0.5, 0.6) is 0 Å². The standard InChI is InChI=1S/C22H19Cl3N2O3S/c1-14-3-7-20(8-4-14)31(29,30)27(21-12-16(23)6-5-15(21)2)13-22(28)26-19-10-17(24)9-18(25)11-19/h3-12H,13H2,1-2H3,(H,26,28). The zero-order valence-electron chi connectivity index (χ0n) is 16.7. The molecule has 1 N–H and O–H groups in total. The quantitative estimate of drug-likeness (QED) is 0.447. The molecule has 3 aromatic rings. The number of carbonyl (C=O) groups excluding carboxylic acids is 1. The number of carbonyl (C=O) groups is 1. The summed E-state index contributed by atoms with van der Waals surface area (Å²) in [4.78, 5) is 12.9. The molecule has 162 valence electrons. The number of nitrogens with zero attached hydrogens (tertiary/aromatic N) is 1. The summed E-state index contributed by atoms with van der Waals surface area (Å²) in [6, 6.07) is 15.9. The fourth-order valence-corrected chi connectivity index (χ4v) is 5.12. The smallest absolute Gasteiger partial charge is 0.264 e. The monoisotopic (exact) mass is 496 g/mol. The molecule has 0 aliphatic carbocycles. The maximum atomic E-state index is 13.5. The van der Waals surface area contributed by atoms with Crippen molar-refractivity contribution in [1.82, 2.24) is 0 Å². The Hall–Kier alpha value is -2.25. The van der Waals surface area contributed by atoms with Gasteiger partial charge in [-0.3, -0.25) is 9.10 Å². The fraction of sp³-hybridized carbons (Fsp3) is 0.136. The highest BCUT2D eigenvalue weighted by atomic mass is 35.5. The normalized spacial score (nSPS) is 11.3. The van der Waals surface area contributed by atoms with Crippen molar-refractivity contribution in [2.45, 2.75) is 18.7 Å². The third-order valence-electron chi connectivity index (χ3n) is 4.48. The molecule has 0 saturated heterocycles. The number of benzene rings is 3. The number of hydrogen-bond acceptors (Lipinski definition) is 3. The third-order valence-corrected chi connectivity index (χ3v) is 6.93. The van der Waals surface area contributed by atoms with E-state index in [1.807, 2.05) is 6.92 Å². The van der Waals surface area contributed by atoms with Crippen molar-refractivity contribution in [3.8, 4) is 0 Å². The molecule has 0 saturated carbocycles. The van der Waals surface area contributed by atoms with Gasteiger partial charge >= 0.3 is 0 Å². The lowest BCUT2D eigenvalue weighted by molar-refractivity contribution is -0.114. The molecule has 0 aromatic heterocycles. The van der Waals surface area contributed by atoms with Crippen molar-refractivity contribution in [3.05, 3.63) is 86.9 Å². The van der Waals surface area contributed by atoms with E-state index < -0.39 is 22.5 Å². The molecule has 3 aromatic carbocycles. The number of nitrogens with one attached hydrogen (secondary N) is 1. The van der Waals surface area contributed by atoms with E-state index in [4.69, 9.17) is 34.8 Å². The first-order chi connectivity index (χ1) is 14.6. The van der Waals surface area contributed by atoms with Gasteiger partial charge in [0.05, 0.1) is 10.6 Å². The zero-order valence-corrected chi connectivity index (χ0v) is 19.8. The lowest BCUT2D eigenvalue weighted by Gasteiger charge is -2.26. The van der Waals surface area contributed by atoms with Crippen LogP contribution in [-0.2, 0) is 14.8 Å². The lowest BCUT2D eigenvalue weighted by atomic mass is 10.2. The Kier molecular flexibility index (Phi) is 7.17. The Labute approximate surface area is 196 Å². The molecule has 31 heavy (non-hydrogen) atoms. The predicted molar refractivity (Wildman–Crippen MR) is 127 cm³/mol. The van der Waals surface area contributed by atoms with E-state index in [1.54, 1.807) is 31.2 Å². The highest BCUT2D eigenvalue weighted by Crippen LogP contribution is 2.30. The van der Waals surface area contributed by atoms with Crippen molar-refractivity contribution in [1.29, 1.82) is 0 Å². The van der Waals surface area contributed by atoms with E-state index in [1.165, 1.54) is 36.4 Å². The molecule has 0 radical (unpaired) electrons. The number of sulfonamides is 1. The van der Waals surface area contributed by atoms with Gasteiger partial charge in [0.15, 0.2) is 0 Å². The Bertz CT molecular complexity index is 1210. The summed E-state index contributed by atoms with van der Waals surface area (Å²) >= 11 is 18.1. The zero-order chi connectivity index (χ0) is 22.8. The molecule has 5 nitrogen and oxygen atoms in total. The summed E-state index contributed by atoms with van der Waals surface area (Å²) in [6.07, 6.45) is 0. The predicted octanol–water partition coefficient (Wildman–Crippen LogP) is 6.10. The van der Waals surface area contributed by atoms with Crippen molar-refractivity contribution in [3.63, 3.8) is 0 Å². The summed E-state index contributed by atoms with van der Waals surface area (Å²) in [5.41, 5.74) is 2.24. The average Bonchev–Trinajstić information content (AvgIpc) is 2.67. The number of aryl methyl sites for hydroxylation is 2. The minimum atomic E-state index is -4.05. The van der Waals surface area contributed by atoms with E-state index in [0.717, 1.165) is 9.87 Å². The maximum absolute atomic E-state index is 13.5. The number of halogens is 3. The number of anilines is 2. The van der Waals surface area contributed by atoms with Gasteiger partial charge in [-0.1, -0.05) is 58.6 Å². The van der Waals surface area contributed by atoms with Crippen LogP contribution in [0.4, 0.5) is 11.4 Å². The largest absolute Gasteiger partial charge is 0.324 e.